The molecule has 0 fully saturated rings. The van der Waals surface area contributed by atoms with Crippen LogP contribution in [0.15, 0.2) is 42.0 Å². The molecule has 1 aromatic carbocycles. The highest BCUT2D eigenvalue weighted by molar-refractivity contribution is 7.22. The molecule has 2 N–H and O–H groups in total. The van der Waals surface area contributed by atoms with Crippen molar-refractivity contribution in [2.75, 3.05) is 10.6 Å². The summed E-state index contributed by atoms with van der Waals surface area (Å²) >= 11 is 2.87. The van der Waals surface area contributed by atoms with Crippen LogP contribution in [0.2, 0.25) is 0 Å². The summed E-state index contributed by atoms with van der Waals surface area (Å²) in [4.78, 5) is 29.3. The second-order valence-corrected chi connectivity index (χ2v) is 7.40. The van der Waals surface area contributed by atoms with Crippen molar-refractivity contribution in [3.8, 4) is 0 Å². The van der Waals surface area contributed by atoms with Crippen LogP contribution in [0.25, 0.3) is 10.2 Å². The van der Waals surface area contributed by atoms with Crippen molar-refractivity contribution in [1.82, 2.24) is 19.9 Å². The monoisotopic (exact) mass is 382 g/mol. The van der Waals surface area contributed by atoms with Crippen molar-refractivity contribution in [2.45, 2.75) is 13.3 Å². The highest BCUT2D eigenvalue weighted by atomic mass is 32.1. The molecule has 4 aromatic rings. The number of rotatable bonds is 5. The van der Waals surface area contributed by atoms with Crippen LogP contribution in [0.5, 0.6) is 0 Å². The van der Waals surface area contributed by atoms with E-state index in [2.05, 4.69) is 30.6 Å². The van der Waals surface area contributed by atoms with Gasteiger partial charge in [0, 0.05) is 17.8 Å². The Kier molecular flexibility index (Phi) is 4.55. The smallest absolute Gasteiger partial charge is 0.232 e. The lowest BCUT2D eigenvalue weighted by Crippen LogP contribution is -2.14. The molecular formula is C17H14N6OS2. The summed E-state index contributed by atoms with van der Waals surface area (Å²) in [6.07, 6.45) is 3.48. The van der Waals surface area contributed by atoms with Crippen LogP contribution in [0, 0.1) is 6.92 Å². The predicted octanol–water partition coefficient (Wildman–Crippen LogP) is 3.78. The molecule has 0 saturated carbocycles. The number of fused-ring (bicyclic) bond motifs is 1. The zero-order valence-corrected chi connectivity index (χ0v) is 15.4. The Balaban J connectivity index is 1.41. The van der Waals surface area contributed by atoms with E-state index in [0.29, 0.717) is 21.9 Å². The summed E-state index contributed by atoms with van der Waals surface area (Å²) in [7, 11) is 0. The SMILES string of the molecule is Cc1cccc2sc(NC(=O)Cc3csc(Nc4ncccn4)n3)nc12. The normalized spacial score (nSPS) is 10.8. The molecule has 26 heavy (non-hydrogen) atoms. The summed E-state index contributed by atoms with van der Waals surface area (Å²) in [5, 5.41) is 8.96. The van der Waals surface area contributed by atoms with E-state index in [9.17, 15) is 4.79 Å². The largest absolute Gasteiger partial charge is 0.302 e. The summed E-state index contributed by atoms with van der Waals surface area (Å²) in [5.41, 5.74) is 2.71. The van der Waals surface area contributed by atoms with E-state index in [1.807, 2.05) is 30.5 Å². The zero-order valence-electron chi connectivity index (χ0n) is 13.8. The molecule has 3 heterocycles. The molecule has 0 radical (unpaired) electrons. The van der Waals surface area contributed by atoms with Crippen LogP contribution >= 0.6 is 22.7 Å². The molecule has 0 spiro atoms. The number of thiazole rings is 2. The maximum absolute atomic E-state index is 12.3. The first-order valence-electron chi connectivity index (χ1n) is 7.82. The van der Waals surface area contributed by atoms with Crippen LogP contribution < -0.4 is 10.6 Å². The summed E-state index contributed by atoms with van der Waals surface area (Å²) < 4.78 is 1.06. The second-order valence-electron chi connectivity index (χ2n) is 5.51. The number of aromatic nitrogens is 4. The fraction of sp³-hybridized carbons (Fsp3) is 0.118. The Hall–Kier alpha value is -2.91. The second kappa shape index (κ2) is 7.14. The number of para-hydroxylation sites is 1. The fourth-order valence-electron chi connectivity index (χ4n) is 2.37. The Morgan fingerprint density at radius 1 is 1.12 bits per heavy atom. The highest BCUT2D eigenvalue weighted by Crippen LogP contribution is 2.28. The van der Waals surface area contributed by atoms with Gasteiger partial charge >= 0.3 is 0 Å². The lowest BCUT2D eigenvalue weighted by Gasteiger charge is -1.99. The minimum Gasteiger partial charge on any atom is -0.302 e. The standard InChI is InChI=1S/C17H14N6OS2/c1-10-4-2-5-12-14(10)22-17(26-12)21-13(24)8-11-9-25-16(20-11)23-15-18-6-3-7-19-15/h2-7,9H,8H2,1H3,(H,21,22,24)(H,18,19,20,23). The predicted molar refractivity (Wildman–Crippen MR) is 104 cm³/mol. The molecule has 1 amide bonds. The van der Waals surface area contributed by atoms with Crippen molar-refractivity contribution in [3.05, 3.63) is 53.3 Å². The third-order valence-corrected chi connectivity index (χ3v) is 5.29. The number of aryl methyl sites for hydroxylation is 1. The molecule has 0 atom stereocenters. The van der Waals surface area contributed by atoms with Crippen molar-refractivity contribution in [3.63, 3.8) is 0 Å². The minimum absolute atomic E-state index is 0.144. The van der Waals surface area contributed by atoms with Gasteiger partial charge in [0.15, 0.2) is 10.3 Å². The van der Waals surface area contributed by atoms with Crippen LogP contribution in [0.1, 0.15) is 11.3 Å². The van der Waals surface area contributed by atoms with Crippen molar-refractivity contribution < 1.29 is 4.79 Å². The Labute approximate surface area is 157 Å². The maximum Gasteiger partial charge on any atom is 0.232 e. The Morgan fingerprint density at radius 3 is 2.77 bits per heavy atom. The van der Waals surface area contributed by atoms with Gasteiger partial charge in [-0.15, -0.1) is 11.3 Å². The van der Waals surface area contributed by atoms with Gasteiger partial charge in [0.2, 0.25) is 11.9 Å². The van der Waals surface area contributed by atoms with Gasteiger partial charge in [-0.2, -0.15) is 0 Å². The average Bonchev–Trinajstić information content (AvgIpc) is 3.23. The van der Waals surface area contributed by atoms with Gasteiger partial charge < -0.3 is 10.6 Å². The molecule has 4 rings (SSSR count). The Morgan fingerprint density at radius 2 is 1.96 bits per heavy atom. The quantitative estimate of drug-likeness (QED) is 0.546. The number of anilines is 3. The maximum atomic E-state index is 12.3. The van der Waals surface area contributed by atoms with E-state index in [4.69, 9.17) is 0 Å². The van der Waals surface area contributed by atoms with Gasteiger partial charge in [-0.3, -0.25) is 4.79 Å². The first-order chi connectivity index (χ1) is 12.7. The van der Waals surface area contributed by atoms with Crippen molar-refractivity contribution in [2.24, 2.45) is 0 Å². The number of carbonyl (C=O) groups is 1. The van der Waals surface area contributed by atoms with Gasteiger partial charge in [-0.05, 0) is 24.6 Å². The van der Waals surface area contributed by atoms with E-state index in [1.54, 1.807) is 18.5 Å². The van der Waals surface area contributed by atoms with Crippen molar-refractivity contribution >= 4 is 55.0 Å². The third-order valence-electron chi connectivity index (χ3n) is 3.55. The molecular weight excluding hydrogens is 368 g/mol. The molecule has 0 saturated heterocycles. The molecule has 130 valence electrons. The zero-order chi connectivity index (χ0) is 17.9. The number of amides is 1. The number of hydrogen-bond donors (Lipinski definition) is 2. The lowest BCUT2D eigenvalue weighted by atomic mass is 10.2. The third kappa shape index (κ3) is 3.68. The number of carbonyl (C=O) groups excluding carboxylic acids is 1. The van der Waals surface area contributed by atoms with E-state index in [1.165, 1.54) is 22.7 Å². The molecule has 0 bridgehead atoms. The molecule has 0 aliphatic heterocycles. The molecule has 9 heteroatoms. The van der Waals surface area contributed by atoms with Gasteiger partial charge in [0.1, 0.15) is 0 Å². The van der Waals surface area contributed by atoms with Crippen molar-refractivity contribution in [1.29, 1.82) is 0 Å². The average molecular weight is 382 g/mol. The highest BCUT2D eigenvalue weighted by Gasteiger charge is 2.12. The van der Waals surface area contributed by atoms with Gasteiger partial charge in [-0.25, -0.2) is 19.9 Å². The number of benzene rings is 1. The van der Waals surface area contributed by atoms with Crippen LogP contribution in [0.3, 0.4) is 0 Å². The van der Waals surface area contributed by atoms with Crippen LogP contribution in [0.4, 0.5) is 16.2 Å². The van der Waals surface area contributed by atoms with E-state index < -0.39 is 0 Å². The Bertz CT molecular complexity index is 1060. The first-order valence-corrected chi connectivity index (χ1v) is 9.51. The topological polar surface area (TPSA) is 92.7 Å². The lowest BCUT2D eigenvalue weighted by molar-refractivity contribution is -0.115. The molecule has 0 aliphatic carbocycles. The van der Waals surface area contributed by atoms with Crippen LogP contribution in [-0.2, 0) is 11.2 Å². The van der Waals surface area contributed by atoms with Gasteiger partial charge in [0.05, 0.1) is 22.3 Å². The van der Waals surface area contributed by atoms with E-state index in [-0.39, 0.29) is 12.3 Å². The number of hydrogen-bond acceptors (Lipinski definition) is 8. The van der Waals surface area contributed by atoms with E-state index >= 15 is 0 Å². The summed E-state index contributed by atoms with van der Waals surface area (Å²) in [5.74, 6) is 0.331. The number of nitrogens with zero attached hydrogens (tertiary/aromatic N) is 4. The molecule has 0 aliphatic rings. The number of nitrogens with one attached hydrogen (secondary N) is 2. The first kappa shape index (κ1) is 16.6. The molecule has 7 nitrogen and oxygen atoms in total. The van der Waals surface area contributed by atoms with E-state index in [0.717, 1.165) is 15.8 Å². The fourth-order valence-corrected chi connectivity index (χ4v) is 4.04. The van der Waals surface area contributed by atoms with Gasteiger partial charge in [-0.1, -0.05) is 23.5 Å². The summed E-state index contributed by atoms with van der Waals surface area (Å²) in [6.45, 7) is 2.01. The van der Waals surface area contributed by atoms with Gasteiger partial charge in [0.25, 0.3) is 0 Å². The molecule has 3 aromatic heterocycles. The van der Waals surface area contributed by atoms with Crippen LogP contribution in [-0.4, -0.2) is 25.8 Å². The summed E-state index contributed by atoms with van der Waals surface area (Å²) in [6, 6.07) is 7.74. The molecule has 0 unspecified atom stereocenters. The minimum atomic E-state index is -0.144.